The van der Waals surface area contributed by atoms with Gasteiger partial charge in [0, 0.05) is 0 Å². The van der Waals surface area contributed by atoms with Crippen molar-refractivity contribution < 1.29 is 9.53 Å². The molecule has 0 heterocycles. The van der Waals surface area contributed by atoms with E-state index >= 15 is 0 Å². The normalized spacial score (nSPS) is 14.4. The van der Waals surface area contributed by atoms with E-state index in [2.05, 4.69) is 0 Å². The number of fused-ring (bicyclic) bond motifs is 1. The molecule has 0 unspecified atom stereocenters. The van der Waals surface area contributed by atoms with Crippen LogP contribution in [0.1, 0.15) is 46.8 Å². The Labute approximate surface area is 107 Å². The minimum atomic E-state index is 0.0228. The second-order valence-electron chi connectivity index (χ2n) is 4.57. The summed E-state index contributed by atoms with van der Waals surface area (Å²) in [6.45, 7) is 3.57. The fourth-order valence-electron chi connectivity index (χ4n) is 2.74. The van der Waals surface area contributed by atoms with Crippen LogP contribution >= 0.6 is 11.6 Å². The summed E-state index contributed by atoms with van der Waals surface area (Å²) in [6.07, 6.45) is 4.34. The van der Waals surface area contributed by atoms with Crippen LogP contribution < -0.4 is 4.74 Å². The summed E-state index contributed by atoms with van der Waals surface area (Å²) in [7, 11) is 1.57. The highest BCUT2D eigenvalue weighted by molar-refractivity contribution is 6.33. The van der Waals surface area contributed by atoms with Crippen molar-refractivity contribution >= 4 is 17.4 Å². The first kappa shape index (κ1) is 12.4. The summed E-state index contributed by atoms with van der Waals surface area (Å²) in [4.78, 5) is 11.7. The van der Waals surface area contributed by atoms with Crippen LogP contribution in [-0.2, 0) is 12.8 Å². The standard InChI is InChI=1S/C14H17ClO2/c1-8-10-6-4-5-7-11(10)13(15)14(17-3)12(8)9(2)16/h4-7H2,1-3H3. The Hall–Kier alpha value is -1.02. The number of hydrogen-bond acceptors (Lipinski definition) is 2. The zero-order chi connectivity index (χ0) is 12.6. The number of benzene rings is 1. The highest BCUT2D eigenvalue weighted by Crippen LogP contribution is 2.40. The van der Waals surface area contributed by atoms with Crippen LogP contribution in [0.25, 0.3) is 0 Å². The molecule has 92 valence electrons. The third-order valence-corrected chi connectivity index (χ3v) is 3.94. The SMILES string of the molecule is COc1c(Cl)c2c(c(C)c1C(C)=O)CCCC2. The third-order valence-electron chi connectivity index (χ3n) is 3.54. The summed E-state index contributed by atoms with van der Waals surface area (Å²) < 4.78 is 5.33. The van der Waals surface area contributed by atoms with Gasteiger partial charge in [-0.3, -0.25) is 4.79 Å². The van der Waals surface area contributed by atoms with Gasteiger partial charge in [-0.25, -0.2) is 0 Å². The number of Topliss-reactive ketones (excluding diaryl/α,β-unsaturated/α-hetero) is 1. The molecule has 1 aromatic carbocycles. The Balaban J connectivity index is 2.76. The minimum Gasteiger partial charge on any atom is -0.494 e. The maximum Gasteiger partial charge on any atom is 0.163 e. The lowest BCUT2D eigenvalue weighted by Crippen LogP contribution is -2.12. The largest absolute Gasteiger partial charge is 0.494 e. The molecule has 0 atom stereocenters. The van der Waals surface area contributed by atoms with Gasteiger partial charge in [-0.2, -0.15) is 0 Å². The molecule has 0 saturated carbocycles. The first-order valence-electron chi connectivity index (χ1n) is 5.96. The van der Waals surface area contributed by atoms with Gasteiger partial charge in [0.2, 0.25) is 0 Å². The van der Waals surface area contributed by atoms with E-state index in [1.807, 2.05) is 6.92 Å². The van der Waals surface area contributed by atoms with Crippen LogP contribution in [-0.4, -0.2) is 12.9 Å². The Kier molecular flexibility index (Phi) is 3.43. The molecule has 2 nitrogen and oxygen atoms in total. The molecular formula is C14H17ClO2. The van der Waals surface area contributed by atoms with Crippen LogP contribution in [0, 0.1) is 6.92 Å². The van der Waals surface area contributed by atoms with Gasteiger partial charge in [0.1, 0.15) is 5.75 Å². The lowest BCUT2D eigenvalue weighted by Gasteiger charge is -2.23. The Morgan fingerprint density at radius 3 is 2.35 bits per heavy atom. The van der Waals surface area contributed by atoms with Gasteiger partial charge in [0.25, 0.3) is 0 Å². The molecule has 0 aromatic heterocycles. The van der Waals surface area contributed by atoms with E-state index in [0.29, 0.717) is 16.3 Å². The molecule has 1 aliphatic rings. The van der Waals surface area contributed by atoms with Gasteiger partial charge < -0.3 is 4.74 Å². The molecule has 0 bridgehead atoms. The maximum absolute atomic E-state index is 11.7. The fraction of sp³-hybridized carbons (Fsp3) is 0.500. The van der Waals surface area contributed by atoms with Crippen molar-refractivity contribution in [3.05, 3.63) is 27.3 Å². The first-order chi connectivity index (χ1) is 8.07. The number of carbonyl (C=O) groups is 1. The van der Waals surface area contributed by atoms with Gasteiger partial charge in [0.15, 0.2) is 5.78 Å². The lowest BCUT2D eigenvalue weighted by atomic mass is 9.85. The number of halogens is 1. The highest BCUT2D eigenvalue weighted by Gasteiger charge is 2.24. The number of carbonyl (C=O) groups excluding carboxylic acids is 1. The van der Waals surface area contributed by atoms with Crippen LogP contribution in [0.4, 0.5) is 0 Å². The molecule has 0 saturated heterocycles. The predicted molar refractivity (Wildman–Crippen MR) is 69.4 cm³/mol. The molecule has 1 aromatic rings. The maximum atomic E-state index is 11.7. The van der Waals surface area contributed by atoms with Crippen LogP contribution in [0.2, 0.25) is 5.02 Å². The molecule has 0 radical (unpaired) electrons. The summed E-state index contributed by atoms with van der Waals surface area (Å²) in [6, 6.07) is 0. The second kappa shape index (κ2) is 4.69. The molecule has 0 fully saturated rings. The van der Waals surface area contributed by atoms with Crippen molar-refractivity contribution in [3.63, 3.8) is 0 Å². The number of ether oxygens (including phenoxy) is 1. The van der Waals surface area contributed by atoms with Crippen LogP contribution in [0.5, 0.6) is 5.75 Å². The van der Waals surface area contributed by atoms with Crippen molar-refractivity contribution in [2.45, 2.75) is 39.5 Å². The minimum absolute atomic E-state index is 0.0228. The van der Waals surface area contributed by atoms with Crippen LogP contribution in [0.15, 0.2) is 0 Å². The van der Waals surface area contributed by atoms with Crippen molar-refractivity contribution in [1.82, 2.24) is 0 Å². The fourth-order valence-corrected chi connectivity index (χ4v) is 3.13. The van der Waals surface area contributed by atoms with Gasteiger partial charge in [-0.15, -0.1) is 0 Å². The number of ketones is 1. The Morgan fingerprint density at radius 2 is 1.82 bits per heavy atom. The quantitative estimate of drug-likeness (QED) is 0.750. The van der Waals surface area contributed by atoms with Crippen molar-refractivity contribution in [3.8, 4) is 5.75 Å². The molecule has 17 heavy (non-hydrogen) atoms. The van der Waals surface area contributed by atoms with E-state index in [0.717, 1.165) is 24.8 Å². The van der Waals surface area contributed by atoms with E-state index in [-0.39, 0.29) is 5.78 Å². The molecule has 3 heteroatoms. The summed E-state index contributed by atoms with van der Waals surface area (Å²) in [5.41, 5.74) is 4.14. The van der Waals surface area contributed by atoms with Gasteiger partial charge in [-0.1, -0.05) is 11.6 Å². The Bertz CT molecular complexity index is 478. The molecular weight excluding hydrogens is 236 g/mol. The van der Waals surface area contributed by atoms with E-state index < -0.39 is 0 Å². The molecule has 0 N–H and O–H groups in total. The van der Waals surface area contributed by atoms with Crippen molar-refractivity contribution in [2.24, 2.45) is 0 Å². The van der Waals surface area contributed by atoms with Gasteiger partial charge in [0.05, 0.1) is 17.7 Å². The Morgan fingerprint density at radius 1 is 1.24 bits per heavy atom. The zero-order valence-electron chi connectivity index (χ0n) is 10.5. The van der Waals surface area contributed by atoms with Gasteiger partial charge >= 0.3 is 0 Å². The molecule has 0 spiro atoms. The van der Waals surface area contributed by atoms with Crippen molar-refractivity contribution in [1.29, 1.82) is 0 Å². The molecule has 1 aliphatic carbocycles. The van der Waals surface area contributed by atoms with Gasteiger partial charge in [-0.05, 0) is 56.2 Å². The van der Waals surface area contributed by atoms with E-state index in [9.17, 15) is 4.79 Å². The second-order valence-corrected chi connectivity index (χ2v) is 4.95. The first-order valence-corrected chi connectivity index (χ1v) is 6.34. The summed E-state index contributed by atoms with van der Waals surface area (Å²) in [5, 5.41) is 0.637. The average Bonchev–Trinajstić information content (AvgIpc) is 2.33. The summed E-state index contributed by atoms with van der Waals surface area (Å²) >= 11 is 6.37. The smallest absolute Gasteiger partial charge is 0.163 e. The molecule has 0 amide bonds. The number of methoxy groups -OCH3 is 1. The lowest BCUT2D eigenvalue weighted by molar-refractivity contribution is 0.101. The molecule has 2 rings (SSSR count). The number of rotatable bonds is 2. The van der Waals surface area contributed by atoms with Crippen LogP contribution in [0.3, 0.4) is 0 Å². The zero-order valence-corrected chi connectivity index (χ0v) is 11.3. The topological polar surface area (TPSA) is 26.3 Å². The van der Waals surface area contributed by atoms with E-state index in [1.165, 1.54) is 17.5 Å². The van der Waals surface area contributed by atoms with Crippen molar-refractivity contribution in [2.75, 3.05) is 7.11 Å². The predicted octanol–water partition coefficient (Wildman–Crippen LogP) is 3.74. The summed E-state index contributed by atoms with van der Waals surface area (Å²) in [5.74, 6) is 0.576. The monoisotopic (exact) mass is 252 g/mol. The van der Waals surface area contributed by atoms with E-state index in [4.69, 9.17) is 16.3 Å². The molecule has 0 aliphatic heterocycles. The third kappa shape index (κ3) is 1.95. The van der Waals surface area contributed by atoms with E-state index in [1.54, 1.807) is 14.0 Å². The number of hydrogen-bond donors (Lipinski definition) is 0. The average molecular weight is 253 g/mol. The highest BCUT2D eigenvalue weighted by atomic mass is 35.5.